The SMILES string of the molecule is CCCCCCCCCCCCNC(=O)[C@@H](NC(=O)c1ccc(N=Nc2ccc(C(=O)N[C@H](C(=O)NCCCCCCCCCCCC)[C@@H](C)CC)cc2)cc1)[C@@H](C)CC. The number of rotatable bonds is 34. The van der Waals surface area contributed by atoms with E-state index in [1.807, 2.05) is 27.7 Å². The molecule has 60 heavy (non-hydrogen) atoms. The third-order valence-corrected chi connectivity index (χ3v) is 11.8. The highest BCUT2D eigenvalue weighted by Crippen LogP contribution is 2.21. The topological polar surface area (TPSA) is 141 Å². The van der Waals surface area contributed by atoms with Crippen molar-refractivity contribution in [1.29, 1.82) is 0 Å². The van der Waals surface area contributed by atoms with E-state index in [2.05, 4.69) is 45.3 Å². The van der Waals surface area contributed by atoms with Gasteiger partial charge in [0.05, 0.1) is 11.4 Å². The first-order valence-electron chi connectivity index (χ1n) is 23.9. The van der Waals surface area contributed by atoms with Gasteiger partial charge < -0.3 is 21.3 Å². The minimum atomic E-state index is -0.618. The predicted octanol–water partition coefficient (Wildman–Crippen LogP) is 12.5. The van der Waals surface area contributed by atoms with Crippen LogP contribution < -0.4 is 21.3 Å². The van der Waals surface area contributed by atoms with Crippen LogP contribution in [0.3, 0.4) is 0 Å². The van der Waals surface area contributed by atoms with Crippen LogP contribution in [0.15, 0.2) is 58.8 Å². The number of unbranched alkanes of at least 4 members (excludes halogenated alkanes) is 18. The van der Waals surface area contributed by atoms with Crippen molar-refractivity contribution >= 4 is 35.0 Å². The lowest BCUT2D eigenvalue weighted by Gasteiger charge is -2.23. The minimum absolute atomic E-state index is 0.0166. The van der Waals surface area contributed by atoms with Crippen molar-refractivity contribution in [2.45, 2.75) is 195 Å². The number of nitrogens with one attached hydrogen (secondary N) is 4. The largest absolute Gasteiger partial charge is 0.354 e. The second kappa shape index (κ2) is 32.7. The van der Waals surface area contributed by atoms with Crippen LogP contribution in [0.25, 0.3) is 0 Å². The molecule has 0 unspecified atom stereocenters. The number of azo groups is 1. The van der Waals surface area contributed by atoms with Gasteiger partial charge in [-0.15, -0.1) is 0 Å². The summed E-state index contributed by atoms with van der Waals surface area (Å²) in [5.41, 5.74) is 1.98. The summed E-state index contributed by atoms with van der Waals surface area (Å²) in [7, 11) is 0. The monoisotopic (exact) mass is 831 g/mol. The Balaban J connectivity index is 1.82. The first-order chi connectivity index (χ1) is 29.1. The number of benzene rings is 2. The van der Waals surface area contributed by atoms with Crippen LogP contribution >= 0.6 is 0 Å². The van der Waals surface area contributed by atoms with Crippen LogP contribution in [-0.4, -0.2) is 48.8 Å². The summed E-state index contributed by atoms with van der Waals surface area (Å²) in [5.74, 6) is -0.937. The molecule has 0 heterocycles. The van der Waals surface area contributed by atoms with Crippen LogP contribution in [0.1, 0.15) is 204 Å². The molecular formula is C50H82N6O4. The molecule has 0 aliphatic carbocycles. The molecule has 0 bridgehead atoms. The first kappa shape index (κ1) is 52.1. The molecule has 10 nitrogen and oxygen atoms in total. The summed E-state index contributed by atoms with van der Waals surface area (Å²) in [5, 5.41) is 20.6. The highest BCUT2D eigenvalue weighted by molar-refractivity contribution is 5.98. The third kappa shape index (κ3) is 22.0. The summed E-state index contributed by atoms with van der Waals surface area (Å²) in [4.78, 5) is 52.7. The van der Waals surface area contributed by atoms with E-state index in [1.165, 1.54) is 103 Å². The van der Waals surface area contributed by atoms with Gasteiger partial charge in [-0.2, -0.15) is 10.2 Å². The average molecular weight is 831 g/mol. The van der Waals surface area contributed by atoms with Gasteiger partial charge in [0, 0.05) is 24.2 Å². The Hall–Kier alpha value is -4.08. The summed E-state index contributed by atoms with van der Waals surface area (Å²) in [6.45, 7) is 13.7. The average Bonchev–Trinajstić information content (AvgIpc) is 3.27. The smallest absolute Gasteiger partial charge is 0.251 e. The van der Waals surface area contributed by atoms with Crippen molar-refractivity contribution in [3.63, 3.8) is 0 Å². The molecule has 10 heteroatoms. The lowest BCUT2D eigenvalue weighted by atomic mass is 9.97. The van der Waals surface area contributed by atoms with Gasteiger partial charge in [-0.3, -0.25) is 19.2 Å². The van der Waals surface area contributed by atoms with Crippen LogP contribution in [0.2, 0.25) is 0 Å². The van der Waals surface area contributed by atoms with E-state index in [9.17, 15) is 19.2 Å². The van der Waals surface area contributed by atoms with Gasteiger partial charge in [-0.05, 0) is 73.2 Å². The second-order valence-electron chi connectivity index (χ2n) is 16.9. The maximum atomic E-state index is 13.2. The van der Waals surface area contributed by atoms with Crippen molar-refractivity contribution in [2.75, 3.05) is 13.1 Å². The van der Waals surface area contributed by atoms with Gasteiger partial charge in [0.15, 0.2) is 0 Å². The molecule has 4 amide bonds. The van der Waals surface area contributed by atoms with Crippen LogP contribution in [-0.2, 0) is 9.59 Å². The van der Waals surface area contributed by atoms with Gasteiger partial charge in [0.25, 0.3) is 11.8 Å². The van der Waals surface area contributed by atoms with Crippen molar-refractivity contribution in [3.8, 4) is 0 Å². The molecule has 336 valence electrons. The Kier molecular flexibility index (Phi) is 28.3. The van der Waals surface area contributed by atoms with Gasteiger partial charge in [-0.1, -0.05) is 170 Å². The van der Waals surface area contributed by atoms with Crippen LogP contribution in [0.4, 0.5) is 11.4 Å². The molecule has 0 fully saturated rings. The lowest BCUT2D eigenvalue weighted by Crippen LogP contribution is -2.50. The Labute approximate surface area is 364 Å². The van der Waals surface area contributed by atoms with E-state index in [4.69, 9.17) is 0 Å². The standard InChI is InChI=1S/C50H82N6O4/c1-7-11-13-15-17-19-21-23-25-27-37-51-49(59)45(39(5)9-3)53-47(57)41-29-33-43(34-30-41)55-56-44-35-31-42(32-36-44)48(58)54-46(40(6)10-4)50(60)52-38-28-26-24-22-20-18-16-14-12-8-2/h29-36,39-40,45-46H,7-28,37-38H2,1-6H3,(H,51,59)(H,52,60)(H,53,57)(H,54,58)/t39-,40-,45-,46-/m0/s1. The number of hydrogen-bond donors (Lipinski definition) is 4. The van der Waals surface area contributed by atoms with Gasteiger partial charge in [0.2, 0.25) is 11.8 Å². The molecule has 2 rings (SSSR count). The van der Waals surface area contributed by atoms with E-state index in [0.29, 0.717) is 35.6 Å². The fourth-order valence-corrected chi connectivity index (χ4v) is 7.20. The van der Waals surface area contributed by atoms with Crippen molar-refractivity contribution in [3.05, 3.63) is 59.7 Å². The van der Waals surface area contributed by atoms with E-state index in [0.717, 1.165) is 38.5 Å². The molecular weight excluding hydrogens is 749 g/mol. The molecule has 0 aromatic heterocycles. The van der Waals surface area contributed by atoms with Gasteiger partial charge >= 0.3 is 0 Å². The lowest BCUT2D eigenvalue weighted by molar-refractivity contribution is -0.124. The number of amides is 4. The predicted molar refractivity (Wildman–Crippen MR) is 248 cm³/mol. The summed E-state index contributed by atoms with van der Waals surface area (Å²) >= 11 is 0. The van der Waals surface area contributed by atoms with Crippen molar-refractivity contribution in [1.82, 2.24) is 21.3 Å². The van der Waals surface area contributed by atoms with Crippen LogP contribution in [0, 0.1) is 11.8 Å². The highest BCUT2D eigenvalue weighted by atomic mass is 16.2. The van der Waals surface area contributed by atoms with E-state index < -0.39 is 12.1 Å². The molecule has 2 aromatic rings. The Morgan fingerprint density at radius 3 is 1.00 bits per heavy atom. The molecule has 0 spiro atoms. The Bertz CT molecular complexity index is 1380. The zero-order valence-corrected chi connectivity index (χ0v) is 38.4. The molecule has 0 radical (unpaired) electrons. The zero-order chi connectivity index (χ0) is 43.8. The molecule has 0 saturated heterocycles. The first-order valence-corrected chi connectivity index (χ1v) is 23.9. The molecule has 4 N–H and O–H groups in total. The van der Waals surface area contributed by atoms with Crippen LogP contribution in [0.5, 0.6) is 0 Å². The fraction of sp³-hybridized carbons (Fsp3) is 0.680. The summed E-state index contributed by atoms with van der Waals surface area (Å²) in [6, 6.07) is 12.3. The highest BCUT2D eigenvalue weighted by Gasteiger charge is 2.27. The van der Waals surface area contributed by atoms with Crippen molar-refractivity contribution in [2.24, 2.45) is 22.1 Å². The molecule has 0 saturated carbocycles. The number of hydrogen-bond acceptors (Lipinski definition) is 6. The second-order valence-corrected chi connectivity index (χ2v) is 16.9. The number of nitrogens with zero attached hydrogens (tertiary/aromatic N) is 2. The maximum Gasteiger partial charge on any atom is 0.251 e. The van der Waals surface area contributed by atoms with E-state index in [-0.39, 0.29) is 35.5 Å². The Morgan fingerprint density at radius 1 is 0.433 bits per heavy atom. The van der Waals surface area contributed by atoms with Gasteiger partial charge in [-0.25, -0.2) is 0 Å². The maximum absolute atomic E-state index is 13.2. The van der Waals surface area contributed by atoms with E-state index in [1.54, 1.807) is 48.5 Å². The summed E-state index contributed by atoms with van der Waals surface area (Å²) < 4.78 is 0. The number of carbonyl (C=O) groups excluding carboxylic acids is 4. The zero-order valence-electron chi connectivity index (χ0n) is 38.4. The van der Waals surface area contributed by atoms with E-state index >= 15 is 0 Å². The molecule has 2 aromatic carbocycles. The van der Waals surface area contributed by atoms with Gasteiger partial charge in [0.1, 0.15) is 12.1 Å². The third-order valence-electron chi connectivity index (χ3n) is 11.8. The molecule has 4 atom stereocenters. The van der Waals surface area contributed by atoms with Crippen molar-refractivity contribution < 1.29 is 19.2 Å². The summed E-state index contributed by atoms with van der Waals surface area (Å²) in [6.07, 6.45) is 26.3. The Morgan fingerprint density at radius 2 is 0.717 bits per heavy atom. The quantitative estimate of drug-likeness (QED) is 0.0411. The molecule has 0 aliphatic heterocycles. The normalized spacial score (nSPS) is 13.4. The number of carbonyl (C=O) groups is 4. The fourth-order valence-electron chi connectivity index (χ4n) is 7.20. The molecule has 0 aliphatic rings. The minimum Gasteiger partial charge on any atom is -0.354 e.